The standard InChI is InChI=1S/C12H19N3O/c13-15-14-12-9-5-4-8-11(12)7-3-1-2-6-10-16/h11-12,16H,1-2,4-6,8-10H2/t11-,12+/m1/s1. The van der Waals surface area contributed by atoms with Gasteiger partial charge in [0.1, 0.15) is 0 Å². The lowest BCUT2D eigenvalue weighted by molar-refractivity contribution is 0.285. The summed E-state index contributed by atoms with van der Waals surface area (Å²) < 4.78 is 0. The Labute approximate surface area is 96.7 Å². The van der Waals surface area contributed by atoms with E-state index in [9.17, 15) is 0 Å². The SMILES string of the molecule is [N-]=[N+]=N[C@H]1CCCC[C@H]1C#CCCCCO. The van der Waals surface area contributed by atoms with Crippen molar-refractivity contribution in [2.45, 2.75) is 51.0 Å². The van der Waals surface area contributed by atoms with Crippen LogP contribution in [-0.2, 0) is 0 Å². The van der Waals surface area contributed by atoms with Crippen LogP contribution < -0.4 is 0 Å². The molecular weight excluding hydrogens is 202 g/mol. The van der Waals surface area contributed by atoms with Gasteiger partial charge in [-0.05, 0) is 31.2 Å². The Hall–Kier alpha value is -1.17. The van der Waals surface area contributed by atoms with Crippen LogP contribution in [-0.4, -0.2) is 17.8 Å². The van der Waals surface area contributed by atoms with Gasteiger partial charge >= 0.3 is 0 Å². The lowest BCUT2D eigenvalue weighted by Crippen LogP contribution is -2.21. The molecule has 0 aromatic rings. The van der Waals surface area contributed by atoms with Crippen LogP contribution in [0.25, 0.3) is 10.4 Å². The van der Waals surface area contributed by atoms with E-state index >= 15 is 0 Å². The van der Waals surface area contributed by atoms with Crippen molar-refractivity contribution in [1.82, 2.24) is 0 Å². The minimum absolute atomic E-state index is 0.0732. The van der Waals surface area contributed by atoms with Crippen LogP contribution in [0.15, 0.2) is 5.11 Å². The number of nitrogens with zero attached hydrogens (tertiary/aromatic N) is 3. The second-order valence-corrected chi connectivity index (χ2v) is 4.17. The van der Waals surface area contributed by atoms with E-state index in [2.05, 4.69) is 21.9 Å². The maximum atomic E-state index is 8.62. The highest BCUT2D eigenvalue weighted by Crippen LogP contribution is 2.26. The number of unbranched alkanes of at least 4 members (excludes halogenated alkanes) is 2. The lowest BCUT2D eigenvalue weighted by atomic mass is 9.85. The fraction of sp³-hybridized carbons (Fsp3) is 0.833. The van der Waals surface area contributed by atoms with Crippen LogP contribution in [0, 0.1) is 17.8 Å². The molecule has 0 bridgehead atoms. The molecule has 1 N–H and O–H groups in total. The van der Waals surface area contributed by atoms with E-state index in [-0.39, 0.29) is 18.6 Å². The molecule has 1 aliphatic rings. The summed E-state index contributed by atoms with van der Waals surface area (Å²) in [5.74, 6) is 6.60. The first-order valence-electron chi connectivity index (χ1n) is 6.02. The molecule has 0 amide bonds. The summed E-state index contributed by atoms with van der Waals surface area (Å²) in [6, 6.07) is 0.0732. The van der Waals surface area contributed by atoms with Crippen molar-refractivity contribution >= 4 is 0 Å². The van der Waals surface area contributed by atoms with E-state index in [1.54, 1.807) is 0 Å². The highest BCUT2D eigenvalue weighted by Gasteiger charge is 2.21. The third-order valence-electron chi connectivity index (χ3n) is 2.93. The Morgan fingerprint density at radius 2 is 2.12 bits per heavy atom. The summed E-state index contributed by atoms with van der Waals surface area (Å²) in [7, 11) is 0. The zero-order valence-electron chi connectivity index (χ0n) is 9.60. The fourth-order valence-electron chi connectivity index (χ4n) is 2.01. The van der Waals surface area contributed by atoms with Gasteiger partial charge < -0.3 is 5.11 Å². The van der Waals surface area contributed by atoms with E-state index in [0.717, 1.165) is 38.5 Å². The zero-order valence-corrected chi connectivity index (χ0v) is 9.60. The first kappa shape index (κ1) is 12.9. The van der Waals surface area contributed by atoms with E-state index in [0.29, 0.717) is 0 Å². The molecule has 16 heavy (non-hydrogen) atoms. The van der Waals surface area contributed by atoms with Crippen LogP contribution in [0.5, 0.6) is 0 Å². The Morgan fingerprint density at radius 1 is 1.31 bits per heavy atom. The Balaban J connectivity index is 2.39. The van der Waals surface area contributed by atoms with Crippen LogP contribution in [0.3, 0.4) is 0 Å². The largest absolute Gasteiger partial charge is 0.396 e. The topological polar surface area (TPSA) is 69.0 Å². The average molecular weight is 221 g/mol. The lowest BCUT2D eigenvalue weighted by Gasteiger charge is -2.23. The molecule has 2 atom stereocenters. The van der Waals surface area contributed by atoms with Gasteiger partial charge in [0.15, 0.2) is 0 Å². The number of hydrogen-bond donors (Lipinski definition) is 1. The summed E-state index contributed by atoms with van der Waals surface area (Å²) >= 11 is 0. The van der Waals surface area contributed by atoms with Crippen molar-refractivity contribution in [3.8, 4) is 11.8 Å². The van der Waals surface area contributed by atoms with Crippen molar-refractivity contribution < 1.29 is 5.11 Å². The van der Waals surface area contributed by atoms with Crippen LogP contribution in [0.1, 0.15) is 44.9 Å². The van der Waals surface area contributed by atoms with Gasteiger partial charge in [0, 0.05) is 23.9 Å². The Kier molecular flexibility index (Phi) is 6.48. The molecule has 0 heterocycles. The second kappa shape index (κ2) is 8.04. The van der Waals surface area contributed by atoms with E-state index in [1.807, 2.05) is 0 Å². The highest BCUT2D eigenvalue weighted by atomic mass is 16.2. The van der Waals surface area contributed by atoms with Crippen LogP contribution >= 0.6 is 0 Å². The summed E-state index contributed by atoms with van der Waals surface area (Å²) in [5, 5.41) is 12.4. The molecule has 4 heteroatoms. The van der Waals surface area contributed by atoms with Gasteiger partial charge in [0.05, 0.1) is 6.04 Å². The van der Waals surface area contributed by atoms with Crippen LogP contribution in [0.2, 0.25) is 0 Å². The highest BCUT2D eigenvalue weighted by molar-refractivity contribution is 5.08. The van der Waals surface area contributed by atoms with Gasteiger partial charge in [-0.3, -0.25) is 0 Å². The van der Waals surface area contributed by atoms with Gasteiger partial charge in [0.2, 0.25) is 0 Å². The molecule has 0 aliphatic heterocycles. The summed E-state index contributed by atoms with van der Waals surface area (Å²) in [6.45, 7) is 0.243. The predicted octanol–water partition coefficient (Wildman–Crippen LogP) is 3.02. The molecule has 0 unspecified atom stereocenters. The van der Waals surface area contributed by atoms with E-state index in [1.165, 1.54) is 6.42 Å². The Morgan fingerprint density at radius 3 is 2.88 bits per heavy atom. The van der Waals surface area contributed by atoms with Gasteiger partial charge in [-0.1, -0.05) is 23.9 Å². The molecule has 0 aromatic heterocycles. The predicted molar refractivity (Wildman–Crippen MR) is 63.6 cm³/mol. The van der Waals surface area contributed by atoms with Gasteiger partial charge in [-0.25, -0.2) is 0 Å². The smallest absolute Gasteiger partial charge is 0.0511 e. The molecule has 1 rings (SSSR count). The van der Waals surface area contributed by atoms with Crippen molar-refractivity contribution in [3.63, 3.8) is 0 Å². The molecule has 0 aromatic carbocycles. The molecule has 1 saturated carbocycles. The molecule has 1 fully saturated rings. The molecule has 0 radical (unpaired) electrons. The van der Waals surface area contributed by atoms with Gasteiger partial charge in [-0.2, -0.15) is 0 Å². The van der Waals surface area contributed by atoms with Crippen molar-refractivity contribution in [2.24, 2.45) is 11.0 Å². The van der Waals surface area contributed by atoms with Crippen molar-refractivity contribution in [3.05, 3.63) is 10.4 Å². The summed E-state index contributed by atoms with van der Waals surface area (Å²) in [4.78, 5) is 2.89. The molecular formula is C12H19N3O. The average Bonchev–Trinajstić information content (AvgIpc) is 2.31. The fourth-order valence-corrected chi connectivity index (χ4v) is 2.01. The maximum absolute atomic E-state index is 8.62. The number of azide groups is 1. The number of hydrogen-bond acceptors (Lipinski definition) is 2. The minimum atomic E-state index is 0.0732. The monoisotopic (exact) mass is 221 g/mol. The number of aliphatic hydroxyl groups excluding tert-OH is 1. The molecule has 0 saturated heterocycles. The second-order valence-electron chi connectivity index (χ2n) is 4.17. The van der Waals surface area contributed by atoms with E-state index < -0.39 is 0 Å². The molecule has 4 nitrogen and oxygen atoms in total. The van der Waals surface area contributed by atoms with Crippen LogP contribution in [0.4, 0.5) is 0 Å². The number of aliphatic hydroxyl groups is 1. The van der Waals surface area contributed by atoms with E-state index in [4.69, 9.17) is 10.6 Å². The van der Waals surface area contributed by atoms with Crippen molar-refractivity contribution in [1.29, 1.82) is 0 Å². The normalized spacial score (nSPS) is 24.1. The minimum Gasteiger partial charge on any atom is -0.396 e. The summed E-state index contributed by atoms with van der Waals surface area (Å²) in [5.41, 5.74) is 8.46. The molecule has 1 aliphatic carbocycles. The third kappa shape index (κ3) is 4.57. The quantitative estimate of drug-likeness (QED) is 0.256. The molecule has 88 valence electrons. The van der Waals surface area contributed by atoms with Gasteiger partial charge in [0.25, 0.3) is 0 Å². The first-order chi connectivity index (χ1) is 7.88. The number of rotatable bonds is 4. The molecule has 0 spiro atoms. The van der Waals surface area contributed by atoms with Crippen molar-refractivity contribution in [2.75, 3.05) is 6.61 Å². The first-order valence-corrected chi connectivity index (χ1v) is 6.02. The maximum Gasteiger partial charge on any atom is 0.0511 e. The Bertz CT molecular complexity index is 299. The third-order valence-corrected chi connectivity index (χ3v) is 2.93. The summed E-state index contributed by atoms with van der Waals surface area (Å²) in [6.07, 6.45) is 6.96. The van der Waals surface area contributed by atoms with Gasteiger partial charge in [-0.15, -0.1) is 5.92 Å². The zero-order chi connectivity index (χ0) is 11.6.